The summed E-state index contributed by atoms with van der Waals surface area (Å²) in [7, 11) is 7.47. The molecule has 0 aliphatic heterocycles. The average Bonchev–Trinajstić information content (AvgIpc) is 2.61. The first-order valence-electron chi connectivity index (χ1n) is 8.86. The van der Waals surface area contributed by atoms with Crippen LogP contribution >= 0.6 is 0 Å². The summed E-state index contributed by atoms with van der Waals surface area (Å²) in [4.78, 5) is 3.78. The van der Waals surface area contributed by atoms with Gasteiger partial charge in [0.15, 0.2) is 0 Å². The summed E-state index contributed by atoms with van der Waals surface area (Å²) in [5, 5.41) is 0. The summed E-state index contributed by atoms with van der Waals surface area (Å²) < 4.78 is 28.3. The van der Waals surface area contributed by atoms with Gasteiger partial charge in [0.2, 0.25) is 0 Å². The molecule has 2 aromatic rings. The Kier molecular flexibility index (Phi) is 7.49. The smallest absolute Gasteiger partial charge is 0.272 e. The highest BCUT2D eigenvalue weighted by Gasteiger charge is 2.30. The van der Waals surface area contributed by atoms with Crippen molar-refractivity contribution in [2.45, 2.75) is 24.9 Å². The minimum absolute atomic E-state index is 0.202. The maximum absolute atomic E-state index is 14.2. The lowest BCUT2D eigenvalue weighted by atomic mass is 9.89. The van der Waals surface area contributed by atoms with Crippen LogP contribution < -0.4 is 0 Å². The summed E-state index contributed by atoms with van der Waals surface area (Å²) >= 11 is 0. The van der Waals surface area contributed by atoms with Crippen LogP contribution in [0.5, 0.6) is 0 Å². The second kappa shape index (κ2) is 9.60. The lowest BCUT2D eigenvalue weighted by Gasteiger charge is -2.34. The molecule has 140 valence electrons. The van der Waals surface area contributed by atoms with E-state index in [1.165, 1.54) is 0 Å². The highest BCUT2D eigenvalue weighted by Crippen LogP contribution is 2.27. The van der Waals surface area contributed by atoms with Crippen molar-refractivity contribution in [1.82, 2.24) is 9.80 Å². The van der Waals surface area contributed by atoms with E-state index in [1.807, 2.05) is 98.7 Å². The molecule has 0 saturated heterocycles. The summed E-state index contributed by atoms with van der Waals surface area (Å²) in [6, 6.07) is 18.9. The Morgan fingerprint density at radius 2 is 1.04 bits per heavy atom. The zero-order valence-corrected chi connectivity index (χ0v) is 16.0. The number of hydrogen-bond donors (Lipinski definition) is 0. The molecular weight excluding hydrogens is 330 g/mol. The zero-order valence-electron chi connectivity index (χ0n) is 16.0. The van der Waals surface area contributed by atoms with Crippen molar-refractivity contribution in [2.24, 2.45) is 0 Å². The van der Waals surface area contributed by atoms with E-state index in [0.717, 1.165) is 11.1 Å². The van der Waals surface area contributed by atoms with Crippen molar-refractivity contribution in [3.05, 3.63) is 83.4 Å². The van der Waals surface area contributed by atoms with Gasteiger partial charge >= 0.3 is 0 Å². The van der Waals surface area contributed by atoms with Gasteiger partial charge in [-0.3, -0.25) is 0 Å². The van der Waals surface area contributed by atoms with Crippen LogP contribution in [-0.4, -0.2) is 50.1 Å². The van der Waals surface area contributed by atoms with Crippen molar-refractivity contribution >= 4 is 0 Å². The van der Waals surface area contributed by atoms with Crippen molar-refractivity contribution < 1.29 is 8.78 Å². The molecule has 2 rings (SSSR count). The van der Waals surface area contributed by atoms with Gasteiger partial charge in [-0.25, -0.2) is 0 Å². The van der Waals surface area contributed by atoms with Crippen LogP contribution in [-0.2, 0) is 12.8 Å². The molecule has 0 saturated carbocycles. The second-order valence-corrected chi connectivity index (χ2v) is 7.05. The van der Waals surface area contributed by atoms with Gasteiger partial charge in [0.05, 0.1) is 0 Å². The molecule has 0 N–H and O–H groups in total. The van der Waals surface area contributed by atoms with Gasteiger partial charge in [0.25, 0.3) is 6.08 Å². The standard InChI is InChI=1S/C22H28F2N2/c1-25(2)19(15-17-11-7-5-8-12-17)21(22(23)24)20(26(3)4)16-18-13-9-6-10-14-18/h5-14,19-20H,15-16H2,1-4H3. The number of rotatable bonds is 8. The monoisotopic (exact) mass is 358 g/mol. The molecule has 26 heavy (non-hydrogen) atoms. The van der Waals surface area contributed by atoms with Gasteiger partial charge in [-0.15, -0.1) is 0 Å². The van der Waals surface area contributed by atoms with E-state index < -0.39 is 6.08 Å². The predicted molar refractivity (Wildman–Crippen MR) is 104 cm³/mol. The lowest BCUT2D eigenvalue weighted by Crippen LogP contribution is -2.43. The van der Waals surface area contributed by atoms with Crippen LogP contribution in [0.1, 0.15) is 11.1 Å². The molecule has 0 aliphatic rings. The number of hydrogen-bond acceptors (Lipinski definition) is 2. The Morgan fingerprint density at radius 3 is 1.31 bits per heavy atom. The maximum Gasteiger partial charge on any atom is 0.272 e. The van der Waals surface area contributed by atoms with Gasteiger partial charge < -0.3 is 9.80 Å². The maximum atomic E-state index is 14.2. The van der Waals surface area contributed by atoms with Gasteiger partial charge in [-0.1, -0.05) is 60.7 Å². The van der Waals surface area contributed by atoms with Crippen LogP contribution in [0.4, 0.5) is 8.78 Å². The highest BCUT2D eigenvalue weighted by atomic mass is 19.3. The Balaban J connectivity index is 2.37. The molecule has 0 radical (unpaired) electrons. The summed E-state index contributed by atoms with van der Waals surface area (Å²) in [5.74, 6) is 0. The topological polar surface area (TPSA) is 6.48 Å². The lowest BCUT2D eigenvalue weighted by molar-refractivity contribution is 0.239. The van der Waals surface area contributed by atoms with E-state index in [2.05, 4.69) is 0 Å². The van der Waals surface area contributed by atoms with Gasteiger partial charge in [0.1, 0.15) is 0 Å². The first-order chi connectivity index (χ1) is 12.4. The van der Waals surface area contributed by atoms with Gasteiger partial charge in [-0.2, -0.15) is 8.78 Å². The molecule has 2 unspecified atom stereocenters. The Morgan fingerprint density at radius 1 is 0.692 bits per heavy atom. The molecular formula is C22H28F2N2. The summed E-state index contributed by atoms with van der Waals surface area (Å²) in [5.41, 5.74) is 2.32. The van der Waals surface area contributed by atoms with Crippen molar-refractivity contribution in [2.75, 3.05) is 28.2 Å². The molecule has 2 aromatic carbocycles. The average molecular weight is 358 g/mol. The van der Waals surface area contributed by atoms with Crippen LogP contribution in [0.3, 0.4) is 0 Å². The van der Waals surface area contributed by atoms with Crippen LogP contribution in [0.15, 0.2) is 72.3 Å². The van der Waals surface area contributed by atoms with E-state index >= 15 is 0 Å². The third-order valence-corrected chi connectivity index (χ3v) is 4.73. The highest BCUT2D eigenvalue weighted by molar-refractivity contribution is 5.28. The van der Waals surface area contributed by atoms with Crippen molar-refractivity contribution in [3.8, 4) is 0 Å². The summed E-state index contributed by atoms with van der Waals surface area (Å²) in [6.45, 7) is 0. The summed E-state index contributed by atoms with van der Waals surface area (Å²) in [6.07, 6.45) is -0.464. The van der Waals surface area contributed by atoms with Crippen LogP contribution in [0.25, 0.3) is 0 Å². The van der Waals surface area contributed by atoms with Gasteiger partial charge in [0, 0.05) is 17.7 Å². The van der Waals surface area contributed by atoms with E-state index in [-0.39, 0.29) is 17.7 Å². The first-order valence-corrected chi connectivity index (χ1v) is 8.86. The molecule has 2 nitrogen and oxygen atoms in total. The predicted octanol–water partition coefficient (Wildman–Crippen LogP) is 4.48. The third kappa shape index (κ3) is 5.48. The number of likely N-dealkylation sites (N-methyl/N-ethyl adjacent to an activating group) is 2. The molecule has 0 aromatic heterocycles. The number of nitrogens with zero attached hydrogens (tertiary/aromatic N) is 2. The number of benzene rings is 2. The SMILES string of the molecule is CN(C)C(Cc1ccccc1)C(=C(F)F)C(Cc1ccccc1)N(C)C. The molecule has 0 spiro atoms. The van der Waals surface area contributed by atoms with Crippen LogP contribution in [0, 0.1) is 0 Å². The van der Waals surface area contributed by atoms with Crippen molar-refractivity contribution in [3.63, 3.8) is 0 Å². The van der Waals surface area contributed by atoms with E-state index in [4.69, 9.17) is 0 Å². The molecule has 0 fully saturated rings. The minimum atomic E-state index is -1.57. The molecule has 0 bridgehead atoms. The third-order valence-electron chi connectivity index (χ3n) is 4.73. The molecule has 0 heterocycles. The fourth-order valence-corrected chi connectivity index (χ4v) is 3.29. The Bertz CT molecular complexity index is 637. The van der Waals surface area contributed by atoms with E-state index in [1.54, 1.807) is 0 Å². The molecule has 0 aliphatic carbocycles. The molecule has 0 amide bonds. The normalized spacial score (nSPS) is 13.7. The fraction of sp³-hybridized carbons (Fsp3) is 0.364. The number of halogens is 2. The molecule has 2 atom stereocenters. The van der Waals surface area contributed by atoms with E-state index in [9.17, 15) is 8.78 Å². The Hall–Kier alpha value is -2.04. The minimum Gasteiger partial charge on any atom is -0.302 e. The van der Waals surface area contributed by atoms with Crippen LogP contribution in [0.2, 0.25) is 0 Å². The van der Waals surface area contributed by atoms with Crippen molar-refractivity contribution in [1.29, 1.82) is 0 Å². The molecule has 4 heteroatoms. The largest absolute Gasteiger partial charge is 0.302 e. The fourth-order valence-electron chi connectivity index (χ4n) is 3.29. The first kappa shape index (κ1) is 20.3. The van der Waals surface area contributed by atoms with E-state index in [0.29, 0.717) is 12.8 Å². The quantitative estimate of drug-likeness (QED) is 0.686. The Labute approximate surface area is 155 Å². The zero-order chi connectivity index (χ0) is 19.1. The van der Waals surface area contributed by atoms with Gasteiger partial charge in [-0.05, 0) is 52.2 Å². The second-order valence-electron chi connectivity index (χ2n) is 7.05.